The molecule has 110 valence electrons. The van der Waals surface area contributed by atoms with Gasteiger partial charge in [0.25, 0.3) is 5.91 Å². The van der Waals surface area contributed by atoms with Crippen molar-refractivity contribution in [3.05, 3.63) is 66.0 Å². The number of hydrogen-bond donors (Lipinski definition) is 0. The molecule has 0 radical (unpaired) electrons. The standard InChI is InChI=1S/C17H21N3O/c1-19(2)11-12-20(14-15-7-4-3-5-8-15)17(21)16-9-6-10-18-13-16/h3-10,13H,11-12,14H2,1-2H3. The largest absolute Gasteiger partial charge is 0.333 e. The predicted octanol–water partition coefficient (Wildman–Crippen LogP) is 2.29. The van der Waals surface area contributed by atoms with Gasteiger partial charge in [0.1, 0.15) is 0 Å². The molecule has 0 unspecified atom stereocenters. The third-order valence-electron chi connectivity index (χ3n) is 3.23. The van der Waals surface area contributed by atoms with Crippen molar-refractivity contribution in [2.24, 2.45) is 0 Å². The van der Waals surface area contributed by atoms with Gasteiger partial charge in [0.15, 0.2) is 0 Å². The summed E-state index contributed by atoms with van der Waals surface area (Å²) in [6, 6.07) is 13.7. The quantitative estimate of drug-likeness (QED) is 0.816. The van der Waals surface area contributed by atoms with Crippen LogP contribution < -0.4 is 0 Å². The summed E-state index contributed by atoms with van der Waals surface area (Å²) in [5, 5.41) is 0. The van der Waals surface area contributed by atoms with Crippen LogP contribution in [-0.2, 0) is 6.54 Å². The van der Waals surface area contributed by atoms with Gasteiger partial charge in [-0.25, -0.2) is 0 Å². The summed E-state index contributed by atoms with van der Waals surface area (Å²) in [6.07, 6.45) is 3.30. The molecule has 0 atom stereocenters. The number of carbonyl (C=O) groups excluding carboxylic acids is 1. The van der Waals surface area contributed by atoms with Crippen molar-refractivity contribution in [3.8, 4) is 0 Å². The first-order valence-corrected chi connectivity index (χ1v) is 7.05. The van der Waals surface area contributed by atoms with Crippen molar-refractivity contribution in [1.29, 1.82) is 0 Å². The molecule has 4 heteroatoms. The lowest BCUT2D eigenvalue weighted by Crippen LogP contribution is -2.36. The molecule has 0 fully saturated rings. The molecular weight excluding hydrogens is 262 g/mol. The maximum atomic E-state index is 12.6. The summed E-state index contributed by atoms with van der Waals surface area (Å²) in [6.45, 7) is 2.14. The first kappa shape index (κ1) is 15.2. The lowest BCUT2D eigenvalue weighted by molar-refractivity contribution is 0.0731. The fourth-order valence-electron chi connectivity index (χ4n) is 2.05. The van der Waals surface area contributed by atoms with Gasteiger partial charge in [-0.2, -0.15) is 0 Å². The zero-order valence-electron chi connectivity index (χ0n) is 12.6. The van der Waals surface area contributed by atoms with Gasteiger partial charge in [0.05, 0.1) is 5.56 Å². The van der Waals surface area contributed by atoms with E-state index in [9.17, 15) is 4.79 Å². The molecular formula is C17H21N3O. The molecule has 2 aromatic rings. The molecule has 1 aromatic carbocycles. The van der Waals surface area contributed by atoms with E-state index in [0.717, 1.165) is 12.1 Å². The maximum absolute atomic E-state index is 12.6. The number of benzene rings is 1. The minimum atomic E-state index is 0.0220. The van der Waals surface area contributed by atoms with Gasteiger partial charge in [-0.15, -0.1) is 0 Å². The number of rotatable bonds is 6. The van der Waals surface area contributed by atoms with Crippen molar-refractivity contribution in [1.82, 2.24) is 14.8 Å². The Morgan fingerprint density at radius 3 is 2.43 bits per heavy atom. The second-order valence-electron chi connectivity index (χ2n) is 5.26. The van der Waals surface area contributed by atoms with Gasteiger partial charge in [0.2, 0.25) is 0 Å². The normalized spacial score (nSPS) is 10.6. The molecule has 0 spiro atoms. The molecule has 0 saturated carbocycles. The highest BCUT2D eigenvalue weighted by Gasteiger charge is 2.16. The van der Waals surface area contributed by atoms with Gasteiger partial charge in [0, 0.05) is 32.0 Å². The average molecular weight is 283 g/mol. The van der Waals surface area contributed by atoms with Crippen LogP contribution in [0.25, 0.3) is 0 Å². The highest BCUT2D eigenvalue weighted by Crippen LogP contribution is 2.09. The highest BCUT2D eigenvalue weighted by atomic mass is 16.2. The Morgan fingerprint density at radius 2 is 1.81 bits per heavy atom. The third-order valence-corrected chi connectivity index (χ3v) is 3.23. The van der Waals surface area contributed by atoms with Crippen LogP contribution in [0, 0.1) is 0 Å². The van der Waals surface area contributed by atoms with Crippen LogP contribution in [0.4, 0.5) is 0 Å². The van der Waals surface area contributed by atoms with Gasteiger partial charge >= 0.3 is 0 Å². The molecule has 21 heavy (non-hydrogen) atoms. The Morgan fingerprint density at radius 1 is 1.05 bits per heavy atom. The van der Waals surface area contributed by atoms with E-state index in [2.05, 4.69) is 9.88 Å². The van der Waals surface area contributed by atoms with Crippen molar-refractivity contribution < 1.29 is 4.79 Å². The summed E-state index contributed by atoms with van der Waals surface area (Å²) in [5.41, 5.74) is 1.76. The van der Waals surface area contributed by atoms with E-state index in [1.807, 2.05) is 55.4 Å². The SMILES string of the molecule is CN(C)CCN(Cc1ccccc1)C(=O)c1cccnc1. The summed E-state index contributed by atoms with van der Waals surface area (Å²) in [4.78, 5) is 20.6. The Balaban J connectivity index is 2.13. The summed E-state index contributed by atoms with van der Waals surface area (Å²) in [7, 11) is 4.02. The highest BCUT2D eigenvalue weighted by molar-refractivity contribution is 5.93. The minimum absolute atomic E-state index is 0.0220. The molecule has 0 aliphatic heterocycles. The second kappa shape index (κ2) is 7.55. The first-order valence-electron chi connectivity index (χ1n) is 7.05. The molecule has 0 saturated heterocycles. The van der Waals surface area contributed by atoms with Gasteiger partial charge < -0.3 is 9.80 Å². The average Bonchev–Trinajstić information content (AvgIpc) is 2.52. The van der Waals surface area contributed by atoms with E-state index >= 15 is 0 Å². The molecule has 1 heterocycles. The summed E-state index contributed by atoms with van der Waals surface area (Å²) < 4.78 is 0. The van der Waals surface area contributed by atoms with Crippen molar-refractivity contribution >= 4 is 5.91 Å². The lowest BCUT2D eigenvalue weighted by Gasteiger charge is -2.24. The van der Waals surface area contributed by atoms with Crippen LogP contribution in [0.5, 0.6) is 0 Å². The molecule has 0 N–H and O–H groups in total. The first-order chi connectivity index (χ1) is 10.2. The van der Waals surface area contributed by atoms with Crippen LogP contribution in [0.1, 0.15) is 15.9 Å². The van der Waals surface area contributed by atoms with Crippen LogP contribution >= 0.6 is 0 Å². The molecule has 2 rings (SSSR count). The number of hydrogen-bond acceptors (Lipinski definition) is 3. The second-order valence-corrected chi connectivity index (χ2v) is 5.26. The van der Waals surface area contributed by atoms with E-state index < -0.39 is 0 Å². The fraction of sp³-hybridized carbons (Fsp3) is 0.294. The van der Waals surface area contributed by atoms with Crippen LogP contribution in [0.15, 0.2) is 54.9 Å². The lowest BCUT2D eigenvalue weighted by atomic mass is 10.2. The fourth-order valence-corrected chi connectivity index (χ4v) is 2.05. The third kappa shape index (κ3) is 4.68. The Labute approximate surface area is 126 Å². The summed E-state index contributed by atoms with van der Waals surface area (Å²) in [5.74, 6) is 0.0220. The Kier molecular flexibility index (Phi) is 5.46. The molecule has 0 bridgehead atoms. The van der Waals surface area contributed by atoms with Gasteiger partial charge in [-0.05, 0) is 31.8 Å². The monoisotopic (exact) mass is 283 g/mol. The van der Waals surface area contributed by atoms with Crippen LogP contribution in [-0.4, -0.2) is 47.9 Å². The maximum Gasteiger partial charge on any atom is 0.255 e. The van der Waals surface area contributed by atoms with Gasteiger partial charge in [-0.3, -0.25) is 9.78 Å². The minimum Gasteiger partial charge on any atom is -0.333 e. The van der Waals surface area contributed by atoms with E-state index in [-0.39, 0.29) is 5.91 Å². The number of amides is 1. The molecule has 1 aromatic heterocycles. The predicted molar refractivity (Wildman–Crippen MR) is 84.0 cm³/mol. The van der Waals surface area contributed by atoms with Crippen LogP contribution in [0.3, 0.4) is 0 Å². The number of aromatic nitrogens is 1. The van der Waals surface area contributed by atoms with Gasteiger partial charge in [-0.1, -0.05) is 30.3 Å². The smallest absolute Gasteiger partial charge is 0.255 e. The zero-order valence-corrected chi connectivity index (χ0v) is 12.6. The topological polar surface area (TPSA) is 36.4 Å². The van der Waals surface area contributed by atoms with E-state index in [1.165, 1.54) is 0 Å². The molecule has 1 amide bonds. The van der Waals surface area contributed by atoms with Crippen molar-refractivity contribution in [2.45, 2.75) is 6.54 Å². The van der Waals surface area contributed by atoms with E-state index in [1.54, 1.807) is 18.5 Å². The van der Waals surface area contributed by atoms with E-state index in [4.69, 9.17) is 0 Å². The Bertz CT molecular complexity index is 555. The summed E-state index contributed by atoms with van der Waals surface area (Å²) >= 11 is 0. The molecule has 0 aliphatic carbocycles. The molecule has 0 aliphatic rings. The number of likely N-dealkylation sites (N-methyl/N-ethyl adjacent to an activating group) is 1. The molecule has 4 nitrogen and oxygen atoms in total. The zero-order chi connectivity index (χ0) is 15.1. The van der Waals surface area contributed by atoms with Crippen molar-refractivity contribution in [3.63, 3.8) is 0 Å². The number of carbonyl (C=O) groups is 1. The van der Waals surface area contributed by atoms with Crippen molar-refractivity contribution in [2.75, 3.05) is 27.2 Å². The van der Waals surface area contributed by atoms with Crippen LogP contribution in [0.2, 0.25) is 0 Å². The van der Waals surface area contributed by atoms with E-state index in [0.29, 0.717) is 18.7 Å². The Hall–Kier alpha value is -2.20. The number of nitrogens with zero attached hydrogens (tertiary/aromatic N) is 3. The number of pyridine rings is 1.